The second-order valence-electron chi connectivity index (χ2n) is 7.45. The highest BCUT2D eigenvalue weighted by Gasteiger charge is 2.68. The fourth-order valence-electron chi connectivity index (χ4n) is 4.32. The average molecular weight is 456 g/mol. The van der Waals surface area contributed by atoms with Crippen molar-refractivity contribution in [2.24, 2.45) is 11.8 Å². The van der Waals surface area contributed by atoms with Crippen molar-refractivity contribution in [3.8, 4) is 5.75 Å². The number of carbonyl (C=O) groups is 4. The minimum Gasteiger partial charge on any atom is -0.481 e. The van der Waals surface area contributed by atoms with Crippen LogP contribution in [0.2, 0.25) is 0 Å². The molecule has 2 saturated heterocycles. The lowest BCUT2D eigenvalue weighted by atomic mass is 9.77. The number of imide groups is 1. The molecule has 1 aromatic rings. The number of carboxylic acid groups (broad SMARTS) is 2. The fraction of sp³-hybridized carbons (Fsp3) is 0.400. The number of amides is 2. The predicted molar refractivity (Wildman–Crippen MR) is 100 cm³/mol. The van der Waals surface area contributed by atoms with Gasteiger partial charge in [-0.05, 0) is 24.6 Å². The number of fused-ring (bicyclic) bond motifs is 1. The lowest BCUT2D eigenvalue weighted by molar-refractivity contribution is -0.274. The van der Waals surface area contributed by atoms with E-state index in [4.69, 9.17) is 0 Å². The van der Waals surface area contributed by atoms with Gasteiger partial charge in [0.15, 0.2) is 0 Å². The number of alkyl halides is 3. The number of nitrogens with one attached hydrogen (secondary N) is 1. The van der Waals surface area contributed by atoms with Gasteiger partial charge in [-0.2, -0.15) is 0 Å². The van der Waals surface area contributed by atoms with Crippen LogP contribution in [0, 0.1) is 11.8 Å². The Hall–Kier alpha value is -3.41. The fourth-order valence-corrected chi connectivity index (χ4v) is 4.32. The van der Waals surface area contributed by atoms with Crippen LogP contribution in [-0.2, 0) is 19.2 Å². The lowest BCUT2D eigenvalue weighted by Crippen LogP contribution is -2.56. The van der Waals surface area contributed by atoms with Gasteiger partial charge in [-0.15, -0.1) is 13.2 Å². The Kier molecular flexibility index (Phi) is 6.00. The first kappa shape index (κ1) is 23.3. The van der Waals surface area contributed by atoms with Crippen LogP contribution in [0.25, 0.3) is 0 Å². The van der Waals surface area contributed by atoms with Gasteiger partial charge in [-0.1, -0.05) is 24.3 Å². The molecule has 3 N–H and O–H groups in total. The van der Waals surface area contributed by atoms with Crippen LogP contribution in [0.3, 0.4) is 0 Å². The molecule has 0 saturated carbocycles. The smallest absolute Gasteiger partial charge is 0.481 e. The van der Waals surface area contributed by atoms with Gasteiger partial charge in [0.05, 0.1) is 18.3 Å². The van der Waals surface area contributed by atoms with Crippen molar-refractivity contribution in [2.45, 2.75) is 31.3 Å². The summed E-state index contributed by atoms with van der Waals surface area (Å²) in [6.45, 7) is 1.50. The summed E-state index contributed by atoms with van der Waals surface area (Å²) < 4.78 is 41.8. The quantitative estimate of drug-likeness (QED) is 0.417. The van der Waals surface area contributed by atoms with E-state index < -0.39 is 65.7 Å². The third-order valence-electron chi connectivity index (χ3n) is 5.53. The number of halogens is 3. The number of carboxylic acids is 2. The first-order chi connectivity index (χ1) is 14.9. The van der Waals surface area contributed by atoms with Crippen molar-refractivity contribution in [3.05, 3.63) is 42.0 Å². The number of allylic oxidation sites excluding steroid dienone is 1. The molecule has 0 radical (unpaired) electrons. The number of hydrogen-bond donors (Lipinski definition) is 3. The highest BCUT2D eigenvalue weighted by atomic mass is 19.4. The Morgan fingerprint density at radius 1 is 1.25 bits per heavy atom. The molecule has 0 aromatic heterocycles. The second-order valence-corrected chi connectivity index (χ2v) is 7.45. The summed E-state index contributed by atoms with van der Waals surface area (Å²) in [6.07, 6.45) is -2.93. The minimum atomic E-state index is -4.99. The number of aliphatic carboxylic acids is 2. The number of ether oxygens (including phenoxy) is 1. The van der Waals surface area contributed by atoms with E-state index in [0.717, 1.165) is 17.0 Å². The number of benzene rings is 1. The molecule has 2 aliphatic rings. The van der Waals surface area contributed by atoms with E-state index in [1.54, 1.807) is 13.0 Å². The Labute approximate surface area is 179 Å². The monoisotopic (exact) mass is 456 g/mol. The summed E-state index contributed by atoms with van der Waals surface area (Å²) in [6, 6.07) is 3.30. The van der Waals surface area contributed by atoms with Gasteiger partial charge in [-0.3, -0.25) is 29.4 Å². The predicted octanol–water partition coefficient (Wildman–Crippen LogP) is 1.70. The standard InChI is InChI=1S/C20H19F3N2O7/c1-2-3-7-25-16(28)13-14(17(25)29)19(18(30)31,9-12(26)27)24-15(13)10-5-4-6-11(8-10)32-20(21,22)23/h2-6,8,13-15,24H,7,9H2,1H3,(H,26,27)(H,30,31)/b3-2+. The first-order valence-electron chi connectivity index (χ1n) is 9.46. The molecule has 2 amide bonds. The maximum Gasteiger partial charge on any atom is 0.573 e. The third kappa shape index (κ3) is 4.05. The Morgan fingerprint density at radius 2 is 1.94 bits per heavy atom. The van der Waals surface area contributed by atoms with Crippen molar-refractivity contribution in [1.82, 2.24) is 10.2 Å². The van der Waals surface area contributed by atoms with Gasteiger partial charge in [0, 0.05) is 12.6 Å². The summed E-state index contributed by atoms with van der Waals surface area (Å²) in [5.41, 5.74) is -2.29. The number of carbonyl (C=O) groups excluding carboxylic acids is 2. The number of likely N-dealkylation sites (tertiary alicyclic amines) is 1. The van der Waals surface area contributed by atoms with E-state index in [0.29, 0.717) is 0 Å². The molecule has 0 bridgehead atoms. The van der Waals surface area contributed by atoms with E-state index in [9.17, 15) is 42.6 Å². The van der Waals surface area contributed by atoms with Crippen LogP contribution in [0.15, 0.2) is 36.4 Å². The molecular weight excluding hydrogens is 437 g/mol. The maximum atomic E-state index is 13.1. The van der Waals surface area contributed by atoms with Crippen LogP contribution in [0.1, 0.15) is 24.9 Å². The second kappa shape index (κ2) is 8.26. The van der Waals surface area contributed by atoms with Gasteiger partial charge in [0.25, 0.3) is 0 Å². The Morgan fingerprint density at radius 3 is 2.50 bits per heavy atom. The van der Waals surface area contributed by atoms with Gasteiger partial charge in [0.1, 0.15) is 11.3 Å². The molecule has 12 heteroatoms. The molecule has 2 fully saturated rings. The van der Waals surface area contributed by atoms with Gasteiger partial charge < -0.3 is 14.9 Å². The topological polar surface area (TPSA) is 133 Å². The lowest BCUT2D eigenvalue weighted by Gasteiger charge is -2.29. The summed E-state index contributed by atoms with van der Waals surface area (Å²) in [7, 11) is 0. The molecule has 2 aliphatic heterocycles. The molecule has 4 atom stereocenters. The van der Waals surface area contributed by atoms with E-state index >= 15 is 0 Å². The molecular formula is C20H19F3N2O7. The third-order valence-corrected chi connectivity index (χ3v) is 5.53. The molecule has 3 rings (SSSR count). The van der Waals surface area contributed by atoms with Crippen LogP contribution in [-0.4, -0.2) is 57.3 Å². The Bertz CT molecular complexity index is 994. The van der Waals surface area contributed by atoms with Crippen LogP contribution in [0.5, 0.6) is 5.75 Å². The summed E-state index contributed by atoms with van der Waals surface area (Å²) in [5.74, 6) is -8.29. The number of nitrogens with zero attached hydrogens (tertiary/aromatic N) is 1. The zero-order valence-electron chi connectivity index (χ0n) is 16.6. The van der Waals surface area contributed by atoms with E-state index in [1.807, 2.05) is 0 Å². The molecule has 1 aromatic carbocycles. The highest BCUT2D eigenvalue weighted by Crippen LogP contribution is 2.50. The summed E-state index contributed by atoms with van der Waals surface area (Å²) in [4.78, 5) is 50.6. The maximum absolute atomic E-state index is 13.1. The van der Waals surface area contributed by atoms with E-state index in [1.165, 1.54) is 18.2 Å². The van der Waals surface area contributed by atoms with Gasteiger partial charge in [0.2, 0.25) is 11.8 Å². The van der Waals surface area contributed by atoms with Crippen molar-refractivity contribution in [2.75, 3.05) is 6.54 Å². The molecule has 2 heterocycles. The van der Waals surface area contributed by atoms with Gasteiger partial charge in [-0.25, -0.2) is 0 Å². The van der Waals surface area contributed by atoms with Crippen molar-refractivity contribution in [3.63, 3.8) is 0 Å². The molecule has 9 nitrogen and oxygen atoms in total. The molecule has 4 unspecified atom stereocenters. The molecule has 0 spiro atoms. The minimum absolute atomic E-state index is 0.0456. The Balaban J connectivity index is 2.11. The first-order valence-corrected chi connectivity index (χ1v) is 9.46. The van der Waals surface area contributed by atoms with Crippen molar-refractivity contribution < 1.29 is 47.3 Å². The zero-order valence-corrected chi connectivity index (χ0v) is 16.6. The van der Waals surface area contributed by atoms with E-state index in [2.05, 4.69) is 10.1 Å². The average Bonchev–Trinajstić information content (AvgIpc) is 3.14. The largest absolute Gasteiger partial charge is 0.573 e. The highest BCUT2D eigenvalue weighted by molar-refractivity contribution is 6.10. The molecule has 172 valence electrons. The summed E-state index contributed by atoms with van der Waals surface area (Å²) >= 11 is 0. The normalized spacial score (nSPS) is 27.8. The SMILES string of the molecule is C/C=C/CN1C(=O)C2C(c3cccc(OC(F)(F)F)c3)NC(CC(=O)O)(C(=O)O)C2C1=O. The molecule has 0 aliphatic carbocycles. The zero-order chi connectivity index (χ0) is 23.8. The van der Waals surface area contributed by atoms with Gasteiger partial charge >= 0.3 is 18.3 Å². The van der Waals surface area contributed by atoms with Crippen LogP contribution in [0.4, 0.5) is 13.2 Å². The molecule has 32 heavy (non-hydrogen) atoms. The van der Waals surface area contributed by atoms with E-state index in [-0.39, 0.29) is 12.1 Å². The van der Waals surface area contributed by atoms with Crippen molar-refractivity contribution >= 4 is 23.8 Å². The van der Waals surface area contributed by atoms with Crippen molar-refractivity contribution in [1.29, 1.82) is 0 Å². The number of rotatable bonds is 7. The van der Waals surface area contributed by atoms with Crippen LogP contribution < -0.4 is 10.1 Å². The summed E-state index contributed by atoms with van der Waals surface area (Å²) in [5, 5.41) is 21.8. The number of hydrogen-bond acceptors (Lipinski definition) is 6. The van der Waals surface area contributed by atoms with Crippen LogP contribution >= 0.6 is 0 Å².